The van der Waals surface area contributed by atoms with E-state index in [1.54, 1.807) is 48.8 Å². The number of ether oxygens (including phenoxy) is 1. The summed E-state index contributed by atoms with van der Waals surface area (Å²) < 4.78 is 5.87. The molecule has 4 rings (SSSR count). The first kappa shape index (κ1) is 24.2. The first-order valence-electron chi connectivity index (χ1n) is 11.5. The monoisotopic (exact) mass is 471 g/mol. The predicted molar refractivity (Wildman–Crippen MR) is 134 cm³/mol. The van der Waals surface area contributed by atoms with Gasteiger partial charge in [0.25, 0.3) is 11.7 Å². The molecule has 1 atom stereocenters. The summed E-state index contributed by atoms with van der Waals surface area (Å²) in [7, 11) is 3.81. The van der Waals surface area contributed by atoms with Gasteiger partial charge in [-0.25, -0.2) is 0 Å². The molecule has 35 heavy (non-hydrogen) atoms. The molecule has 1 aromatic heterocycles. The van der Waals surface area contributed by atoms with Crippen molar-refractivity contribution in [2.45, 2.75) is 19.6 Å². The van der Waals surface area contributed by atoms with Crippen molar-refractivity contribution in [3.05, 3.63) is 101 Å². The Morgan fingerprint density at radius 3 is 2.43 bits per heavy atom. The highest BCUT2D eigenvalue weighted by atomic mass is 16.5. The molecule has 1 unspecified atom stereocenters. The number of Topliss-reactive ketones (excluding diaryl/α,β-unsaturated/α-hetero) is 1. The van der Waals surface area contributed by atoms with E-state index in [0.717, 1.165) is 16.7 Å². The fourth-order valence-corrected chi connectivity index (χ4v) is 4.14. The first-order chi connectivity index (χ1) is 16.8. The van der Waals surface area contributed by atoms with Crippen LogP contribution in [0.1, 0.15) is 28.3 Å². The average Bonchev–Trinajstić information content (AvgIpc) is 3.11. The molecular weight excluding hydrogens is 442 g/mol. The van der Waals surface area contributed by atoms with Gasteiger partial charge in [0.1, 0.15) is 18.1 Å². The zero-order valence-corrected chi connectivity index (χ0v) is 20.1. The number of aliphatic hydroxyl groups is 1. The average molecular weight is 472 g/mol. The summed E-state index contributed by atoms with van der Waals surface area (Å²) in [5.74, 6) is -0.876. The Morgan fingerprint density at radius 1 is 1.06 bits per heavy atom. The number of benzene rings is 2. The van der Waals surface area contributed by atoms with Gasteiger partial charge in [0.15, 0.2) is 0 Å². The van der Waals surface area contributed by atoms with Crippen molar-refractivity contribution in [2.24, 2.45) is 0 Å². The smallest absolute Gasteiger partial charge is 0.295 e. The number of amides is 1. The number of likely N-dealkylation sites (N-methyl/N-ethyl adjacent to an activating group) is 1. The normalized spacial score (nSPS) is 17.3. The fraction of sp³-hybridized carbons (Fsp3) is 0.250. The van der Waals surface area contributed by atoms with Crippen LogP contribution in [0.5, 0.6) is 5.75 Å². The highest BCUT2D eigenvalue weighted by Gasteiger charge is 2.45. The van der Waals surface area contributed by atoms with Crippen LogP contribution in [0.25, 0.3) is 5.76 Å². The van der Waals surface area contributed by atoms with Gasteiger partial charge in [-0.05, 0) is 68.5 Å². The van der Waals surface area contributed by atoms with Gasteiger partial charge in [-0.15, -0.1) is 0 Å². The van der Waals surface area contributed by atoms with Gasteiger partial charge in [-0.1, -0.05) is 29.8 Å². The molecular formula is C28H29N3O4. The van der Waals surface area contributed by atoms with E-state index in [1.165, 1.54) is 4.90 Å². The summed E-state index contributed by atoms with van der Waals surface area (Å²) in [6, 6.07) is 17.8. The van der Waals surface area contributed by atoms with E-state index in [9.17, 15) is 14.7 Å². The standard InChI is InChI=1S/C28H29N3O4/c1-19-5-4-6-20(17-19)18-35-23-9-7-22(8-10-23)26(32)24-25(21-11-13-29-14-12-21)31(16-15-30(2)3)28(34)27(24)33/h4-14,17,25,32H,15-16,18H2,1-3H3. The summed E-state index contributed by atoms with van der Waals surface area (Å²) in [6.45, 7) is 3.39. The Bertz CT molecular complexity index is 1240. The molecule has 1 amide bonds. The highest BCUT2D eigenvalue weighted by Crippen LogP contribution is 2.39. The molecule has 0 bridgehead atoms. The van der Waals surface area contributed by atoms with E-state index in [0.29, 0.717) is 31.0 Å². The van der Waals surface area contributed by atoms with Crippen molar-refractivity contribution >= 4 is 17.4 Å². The van der Waals surface area contributed by atoms with Gasteiger partial charge in [-0.3, -0.25) is 14.6 Å². The van der Waals surface area contributed by atoms with Crippen LogP contribution in [0.3, 0.4) is 0 Å². The van der Waals surface area contributed by atoms with E-state index in [4.69, 9.17) is 4.74 Å². The molecule has 2 aromatic carbocycles. The molecule has 0 saturated carbocycles. The van der Waals surface area contributed by atoms with Crippen molar-refractivity contribution in [1.29, 1.82) is 0 Å². The van der Waals surface area contributed by atoms with Crippen molar-refractivity contribution < 1.29 is 19.4 Å². The molecule has 1 N–H and O–H groups in total. The van der Waals surface area contributed by atoms with Crippen LogP contribution >= 0.6 is 0 Å². The molecule has 7 heteroatoms. The number of nitrogens with zero attached hydrogens (tertiary/aromatic N) is 3. The predicted octanol–water partition coefficient (Wildman–Crippen LogP) is 3.95. The molecule has 0 spiro atoms. The minimum absolute atomic E-state index is 0.0772. The number of aromatic nitrogens is 1. The lowest BCUT2D eigenvalue weighted by atomic mass is 9.96. The molecule has 3 aromatic rings. The Kier molecular flexibility index (Phi) is 7.27. The lowest BCUT2D eigenvalue weighted by Crippen LogP contribution is -2.35. The first-order valence-corrected chi connectivity index (χ1v) is 11.5. The number of aryl methyl sites for hydroxylation is 1. The highest BCUT2D eigenvalue weighted by molar-refractivity contribution is 6.46. The van der Waals surface area contributed by atoms with Crippen molar-refractivity contribution in [3.8, 4) is 5.75 Å². The molecule has 1 aliphatic rings. The van der Waals surface area contributed by atoms with Crippen molar-refractivity contribution in [3.63, 3.8) is 0 Å². The molecule has 1 fully saturated rings. The number of hydrogen-bond acceptors (Lipinski definition) is 6. The minimum Gasteiger partial charge on any atom is -0.507 e. The molecule has 7 nitrogen and oxygen atoms in total. The number of ketones is 1. The maximum absolute atomic E-state index is 13.0. The maximum Gasteiger partial charge on any atom is 0.295 e. The summed E-state index contributed by atoms with van der Waals surface area (Å²) in [5, 5.41) is 11.2. The van der Waals surface area contributed by atoms with Gasteiger partial charge >= 0.3 is 0 Å². The number of rotatable bonds is 8. The zero-order valence-electron chi connectivity index (χ0n) is 20.1. The van der Waals surface area contributed by atoms with Crippen LogP contribution in [-0.4, -0.2) is 58.8 Å². The summed E-state index contributed by atoms with van der Waals surface area (Å²) in [4.78, 5) is 33.5. The zero-order chi connectivity index (χ0) is 24.9. The summed E-state index contributed by atoms with van der Waals surface area (Å²) >= 11 is 0. The summed E-state index contributed by atoms with van der Waals surface area (Å²) in [5.41, 5.74) is 3.47. The molecule has 180 valence electrons. The molecule has 1 aliphatic heterocycles. The van der Waals surface area contributed by atoms with Gasteiger partial charge in [-0.2, -0.15) is 0 Å². The van der Waals surface area contributed by atoms with E-state index < -0.39 is 17.7 Å². The third-order valence-corrected chi connectivity index (χ3v) is 5.97. The maximum atomic E-state index is 13.0. The van der Waals surface area contributed by atoms with Crippen LogP contribution < -0.4 is 4.74 Å². The molecule has 2 heterocycles. The Hall–Kier alpha value is -3.97. The van der Waals surface area contributed by atoms with Crippen LogP contribution in [0.2, 0.25) is 0 Å². The largest absolute Gasteiger partial charge is 0.507 e. The lowest BCUT2D eigenvalue weighted by molar-refractivity contribution is -0.140. The second-order valence-corrected chi connectivity index (χ2v) is 8.88. The van der Waals surface area contributed by atoms with Crippen LogP contribution in [0.4, 0.5) is 0 Å². The van der Waals surface area contributed by atoms with Crippen molar-refractivity contribution in [2.75, 3.05) is 27.2 Å². The Balaban J connectivity index is 1.62. The number of hydrogen-bond donors (Lipinski definition) is 1. The molecule has 0 radical (unpaired) electrons. The molecule has 0 aliphatic carbocycles. The van der Waals surface area contributed by atoms with E-state index in [1.807, 2.05) is 44.1 Å². The van der Waals surface area contributed by atoms with E-state index in [-0.39, 0.29) is 11.3 Å². The topological polar surface area (TPSA) is 83.0 Å². The van der Waals surface area contributed by atoms with Crippen LogP contribution in [-0.2, 0) is 16.2 Å². The SMILES string of the molecule is Cc1cccc(COc2ccc(C(O)=C3C(=O)C(=O)N(CCN(C)C)C3c3ccncc3)cc2)c1. The fourth-order valence-electron chi connectivity index (χ4n) is 4.14. The quantitative estimate of drug-likeness (QED) is 0.304. The number of carbonyl (C=O) groups excluding carboxylic acids is 2. The third kappa shape index (κ3) is 5.41. The second kappa shape index (κ2) is 10.5. The number of aliphatic hydroxyl groups excluding tert-OH is 1. The second-order valence-electron chi connectivity index (χ2n) is 8.88. The lowest BCUT2D eigenvalue weighted by Gasteiger charge is -2.26. The number of likely N-dealkylation sites (tertiary alicyclic amines) is 1. The van der Waals surface area contributed by atoms with Gasteiger partial charge < -0.3 is 19.6 Å². The Morgan fingerprint density at radius 2 is 1.77 bits per heavy atom. The number of pyridine rings is 1. The van der Waals surface area contributed by atoms with Crippen molar-refractivity contribution in [1.82, 2.24) is 14.8 Å². The summed E-state index contributed by atoms with van der Waals surface area (Å²) in [6.07, 6.45) is 3.23. The van der Waals surface area contributed by atoms with Gasteiger partial charge in [0.2, 0.25) is 0 Å². The van der Waals surface area contributed by atoms with Crippen LogP contribution in [0.15, 0.2) is 78.6 Å². The minimum atomic E-state index is -0.692. The van der Waals surface area contributed by atoms with E-state index >= 15 is 0 Å². The Labute approximate surface area is 205 Å². The van der Waals surface area contributed by atoms with E-state index in [2.05, 4.69) is 11.1 Å². The van der Waals surface area contributed by atoms with Crippen LogP contribution in [0, 0.1) is 6.92 Å². The molecule has 1 saturated heterocycles. The van der Waals surface area contributed by atoms with Gasteiger partial charge in [0.05, 0.1) is 11.6 Å². The third-order valence-electron chi connectivity index (χ3n) is 5.97. The van der Waals surface area contributed by atoms with Gasteiger partial charge in [0, 0.05) is 31.0 Å². The number of carbonyl (C=O) groups is 2.